The topological polar surface area (TPSA) is 79.0 Å². The lowest BCUT2D eigenvalue weighted by atomic mass is 10.2. The maximum absolute atomic E-state index is 11.6. The molecule has 0 fully saturated rings. The van der Waals surface area contributed by atoms with E-state index in [1.165, 1.54) is 12.4 Å². The van der Waals surface area contributed by atoms with Gasteiger partial charge in [0.2, 0.25) is 0 Å². The number of hydrogen-bond acceptors (Lipinski definition) is 4. The number of carbonyl (C=O) groups excluding carboxylic acids is 2. The molecule has 0 aliphatic carbocycles. The highest BCUT2D eigenvalue weighted by molar-refractivity contribution is 6.16. The van der Waals surface area contributed by atoms with Crippen molar-refractivity contribution >= 4 is 11.8 Å². The lowest BCUT2D eigenvalue weighted by Gasteiger charge is -2.20. The quantitative estimate of drug-likeness (QED) is 0.700. The zero-order valence-electron chi connectivity index (χ0n) is 8.39. The molecule has 78 valence electrons. The van der Waals surface area contributed by atoms with E-state index < -0.39 is 6.04 Å². The number of H-pyrrole nitrogens is 1. The van der Waals surface area contributed by atoms with E-state index in [4.69, 9.17) is 0 Å². The molecule has 0 saturated carbocycles. The molecule has 2 rings (SSSR count). The summed E-state index contributed by atoms with van der Waals surface area (Å²) in [5.41, 5.74) is 0.450. The van der Waals surface area contributed by atoms with Crippen molar-refractivity contribution in [3.8, 4) is 0 Å². The number of amides is 2. The molecule has 2 amide bonds. The van der Waals surface area contributed by atoms with E-state index in [2.05, 4.69) is 15.2 Å². The van der Waals surface area contributed by atoms with Crippen molar-refractivity contribution in [3.05, 3.63) is 23.8 Å². The zero-order chi connectivity index (χ0) is 11.0. The normalized spacial score (nSPS) is 18.3. The van der Waals surface area contributed by atoms with Gasteiger partial charge in [-0.2, -0.15) is 5.10 Å². The van der Waals surface area contributed by atoms with Crippen molar-refractivity contribution in [1.29, 1.82) is 0 Å². The van der Waals surface area contributed by atoms with Crippen LogP contribution in [0.1, 0.15) is 25.7 Å². The first-order valence-electron chi connectivity index (χ1n) is 4.52. The van der Waals surface area contributed by atoms with E-state index in [1.807, 2.05) is 0 Å². The number of nitrogens with one attached hydrogen (secondary N) is 1. The average molecular weight is 206 g/mol. The summed E-state index contributed by atoms with van der Waals surface area (Å²) in [5, 5.41) is 6.32. The molecule has 1 aromatic rings. The van der Waals surface area contributed by atoms with Gasteiger partial charge in [0.25, 0.3) is 11.8 Å². The van der Waals surface area contributed by atoms with Gasteiger partial charge >= 0.3 is 0 Å². The third kappa shape index (κ3) is 1.43. The van der Waals surface area contributed by atoms with Gasteiger partial charge in [0.1, 0.15) is 12.2 Å². The predicted octanol–water partition coefficient (Wildman–Crippen LogP) is 0.181. The van der Waals surface area contributed by atoms with Crippen LogP contribution in [-0.4, -0.2) is 31.9 Å². The molecule has 1 unspecified atom stereocenters. The monoisotopic (exact) mass is 206 g/mol. The largest absolute Gasteiger partial charge is 0.269 e. The van der Waals surface area contributed by atoms with Crippen molar-refractivity contribution in [2.24, 2.45) is 0 Å². The molecule has 0 saturated heterocycles. The van der Waals surface area contributed by atoms with Crippen molar-refractivity contribution in [2.75, 3.05) is 0 Å². The number of carbonyl (C=O) groups is 2. The third-order valence-corrected chi connectivity index (χ3v) is 2.35. The van der Waals surface area contributed by atoms with Crippen molar-refractivity contribution in [1.82, 2.24) is 20.1 Å². The van der Waals surface area contributed by atoms with E-state index in [0.29, 0.717) is 11.4 Å². The molecule has 1 N–H and O–H groups in total. The Morgan fingerprint density at radius 2 is 2.20 bits per heavy atom. The van der Waals surface area contributed by atoms with Gasteiger partial charge in [-0.15, -0.1) is 0 Å². The number of imide groups is 1. The van der Waals surface area contributed by atoms with Crippen molar-refractivity contribution in [2.45, 2.75) is 19.9 Å². The molecule has 1 atom stereocenters. The Hall–Kier alpha value is -1.98. The molecule has 0 radical (unpaired) electrons. The summed E-state index contributed by atoms with van der Waals surface area (Å²) in [4.78, 5) is 28.2. The SMILES string of the molecule is CC1=CC(=O)N(C(C)c2ncn[nH]2)C1=O. The van der Waals surface area contributed by atoms with E-state index in [0.717, 1.165) is 4.90 Å². The number of nitrogens with zero attached hydrogens (tertiary/aromatic N) is 3. The van der Waals surface area contributed by atoms with Crippen LogP contribution in [0.5, 0.6) is 0 Å². The van der Waals surface area contributed by atoms with Crippen molar-refractivity contribution in [3.63, 3.8) is 0 Å². The average Bonchev–Trinajstić information content (AvgIpc) is 2.76. The summed E-state index contributed by atoms with van der Waals surface area (Å²) in [6.07, 6.45) is 2.67. The summed E-state index contributed by atoms with van der Waals surface area (Å²) in [5.74, 6) is -0.0786. The van der Waals surface area contributed by atoms with Crippen LogP contribution in [0.2, 0.25) is 0 Å². The van der Waals surface area contributed by atoms with Gasteiger partial charge < -0.3 is 0 Å². The number of hydrogen-bond donors (Lipinski definition) is 1. The summed E-state index contributed by atoms with van der Waals surface area (Å²) in [6.45, 7) is 3.34. The van der Waals surface area contributed by atoms with Gasteiger partial charge in [-0.1, -0.05) is 0 Å². The lowest BCUT2D eigenvalue weighted by molar-refractivity contribution is -0.139. The molecular weight excluding hydrogens is 196 g/mol. The summed E-state index contributed by atoms with van der Waals surface area (Å²) in [7, 11) is 0. The Morgan fingerprint density at radius 3 is 2.67 bits per heavy atom. The summed E-state index contributed by atoms with van der Waals surface area (Å²) >= 11 is 0. The molecule has 0 aromatic carbocycles. The first-order valence-corrected chi connectivity index (χ1v) is 4.52. The van der Waals surface area contributed by atoms with Gasteiger partial charge in [-0.05, 0) is 13.8 Å². The fraction of sp³-hybridized carbons (Fsp3) is 0.333. The zero-order valence-corrected chi connectivity index (χ0v) is 8.39. The number of aromatic nitrogens is 3. The van der Waals surface area contributed by atoms with E-state index >= 15 is 0 Å². The fourth-order valence-electron chi connectivity index (χ4n) is 1.51. The minimum absolute atomic E-state index is 0.274. The molecule has 0 bridgehead atoms. The van der Waals surface area contributed by atoms with E-state index in [-0.39, 0.29) is 11.8 Å². The lowest BCUT2D eigenvalue weighted by Crippen LogP contribution is -2.34. The van der Waals surface area contributed by atoms with E-state index in [9.17, 15) is 9.59 Å². The highest BCUT2D eigenvalue weighted by Crippen LogP contribution is 2.23. The Bertz CT molecular complexity index is 435. The second-order valence-electron chi connectivity index (χ2n) is 3.39. The highest BCUT2D eigenvalue weighted by atomic mass is 16.2. The second-order valence-corrected chi connectivity index (χ2v) is 3.39. The van der Waals surface area contributed by atoms with Gasteiger partial charge in [0.15, 0.2) is 0 Å². The van der Waals surface area contributed by atoms with Crippen LogP contribution in [0.15, 0.2) is 18.0 Å². The Kier molecular flexibility index (Phi) is 2.11. The Morgan fingerprint density at radius 1 is 1.47 bits per heavy atom. The van der Waals surface area contributed by atoms with Crippen LogP contribution in [0.4, 0.5) is 0 Å². The smallest absolute Gasteiger partial charge is 0.257 e. The Balaban J connectivity index is 2.27. The standard InChI is InChI=1S/C9H10N4O2/c1-5-3-7(14)13(9(5)15)6(2)8-10-4-11-12-8/h3-4,6H,1-2H3,(H,10,11,12). The minimum atomic E-state index is -0.416. The number of aromatic amines is 1. The van der Waals surface area contributed by atoms with E-state index in [1.54, 1.807) is 13.8 Å². The molecule has 6 nitrogen and oxygen atoms in total. The third-order valence-electron chi connectivity index (χ3n) is 2.35. The predicted molar refractivity (Wildman–Crippen MR) is 50.4 cm³/mol. The first-order chi connectivity index (χ1) is 7.11. The van der Waals surface area contributed by atoms with Gasteiger partial charge in [-0.3, -0.25) is 19.6 Å². The minimum Gasteiger partial charge on any atom is -0.269 e. The van der Waals surface area contributed by atoms with Crippen LogP contribution >= 0.6 is 0 Å². The molecule has 1 aromatic heterocycles. The Labute approximate surface area is 86.0 Å². The van der Waals surface area contributed by atoms with Crippen LogP contribution in [0.3, 0.4) is 0 Å². The fourth-order valence-corrected chi connectivity index (χ4v) is 1.51. The van der Waals surface area contributed by atoms with Crippen molar-refractivity contribution < 1.29 is 9.59 Å². The maximum Gasteiger partial charge on any atom is 0.257 e. The maximum atomic E-state index is 11.6. The molecule has 1 aliphatic rings. The van der Waals surface area contributed by atoms with Crippen LogP contribution in [0, 0.1) is 0 Å². The van der Waals surface area contributed by atoms with Crippen LogP contribution < -0.4 is 0 Å². The number of rotatable bonds is 2. The first kappa shape index (κ1) is 9.57. The van der Waals surface area contributed by atoms with Crippen LogP contribution in [-0.2, 0) is 9.59 Å². The van der Waals surface area contributed by atoms with Gasteiger partial charge in [0, 0.05) is 11.6 Å². The second kappa shape index (κ2) is 3.30. The molecule has 6 heteroatoms. The van der Waals surface area contributed by atoms with Gasteiger partial charge in [-0.25, -0.2) is 4.98 Å². The summed E-state index contributed by atoms with van der Waals surface area (Å²) < 4.78 is 0. The molecule has 1 aliphatic heterocycles. The molecule has 15 heavy (non-hydrogen) atoms. The molecule has 2 heterocycles. The van der Waals surface area contributed by atoms with Crippen LogP contribution in [0.25, 0.3) is 0 Å². The summed E-state index contributed by atoms with van der Waals surface area (Å²) in [6, 6.07) is -0.416. The highest BCUT2D eigenvalue weighted by Gasteiger charge is 2.34. The van der Waals surface area contributed by atoms with Gasteiger partial charge in [0.05, 0.1) is 6.04 Å². The molecule has 0 spiro atoms. The molecular formula is C9H10N4O2.